The van der Waals surface area contributed by atoms with Crippen molar-refractivity contribution in [3.63, 3.8) is 0 Å². The molecule has 0 aliphatic heterocycles. The number of hydrogen-bond acceptors (Lipinski definition) is 2. The van der Waals surface area contributed by atoms with Crippen molar-refractivity contribution in [3.05, 3.63) is 58.1 Å². The molecule has 0 heterocycles. The quantitative estimate of drug-likeness (QED) is 0.766. The topological polar surface area (TPSA) is 67.2 Å². The van der Waals surface area contributed by atoms with Gasteiger partial charge in [0.05, 0.1) is 10.7 Å². The van der Waals surface area contributed by atoms with E-state index in [-0.39, 0.29) is 6.04 Å². The molecule has 2 aromatic rings. The van der Waals surface area contributed by atoms with E-state index in [1.807, 2.05) is 19.1 Å². The smallest absolute Gasteiger partial charge is 0.316 e. The fraction of sp³-hybridized carbons (Fsp3) is 0.133. The monoisotopic (exact) mass is 323 g/mol. The summed E-state index contributed by atoms with van der Waals surface area (Å²) in [5, 5.41) is 7.05. The normalized spacial score (nSPS) is 11.8. The second-order valence-corrected chi connectivity index (χ2v) is 5.45. The van der Waals surface area contributed by atoms with Crippen LogP contribution in [0.2, 0.25) is 10.0 Å². The lowest BCUT2D eigenvalue weighted by molar-refractivity contribution is 0.259. The van der Waals surface area contributed by atoms with Gasteiger partial charge in [-0.25, -0.2) is 4.79 Å². The highest BCUT2D eigenvalue weighted by atomic mass is 35.5. The Bertz CT molecular complexity index is 644. The van der Waals surface area contributed by atoms with Crippen LogP contribution >= 0.6 is 23.2 Å². The number of halogens is 2. The van der Waals surface area contributed by atoms with Crippen LogP contribution in [0.25, 0.3) is 0 Å². The lowest BCUT2D eigenvalue weighted by atomic mass is 10.1. The first kappa shape index (κ1) is 15.5. The number of benzene rings is 2. The Labute approximate surface area is 133 Å². The van der Waals surface area contributed by atoms with Crippen molar-refractivity contribution in [3.8, 4) is 0 Å². The van der Waals surface area contributed by atoms with Crippen LogP contribution in [0.15, 0.2) is 42.5 Å². The first-order valence-electron chi connectivity index (χ1n) is 6.33. The number of carbonyl (C=O) groups excluding carboxylic acids is 1. The fourth-order valence-electron chi connectivity index (χ4n) is 1.92. The van der Waals surface area contributed by atoms with Gasteiger partial charge in [0.1, 0.15) is 0 Å². The van der Waals surface area contributed by atoms with E-state index in [9.17, 15) is 4.79 Å². The molecule has 0 saturated carbocycles. The zero-order chi connectivity index (χ0) is 15.4. The summed E-state index contributed by atoms with van der Waals surface area (Å²) in [4.78, 5) is 10.8. The average molecular weight is 324 g/mol. The Hall–Kier alpha value is -1.91. The molecule has 110 valence electrons. The van der Waals surface area contributed by atoms with Crippen LogP contribution < -0.4 is 16.4 Å². The number of urea groups is 1. The first-order chi connectivity index (χ1) is 9.95. The minimum absolute atomic E-state index is 0.0311. The van der Waals surface area contributed by atoms with Crippen molar-refractivity contribution in [2.45, 2.75) is 13.0 Å². The molecular formula is C15H15Cl2N3O. The van der Waals surface area contributed by atoms with Gasteiger partial charge in [-0.1, -0.05) is 35.3 Å². The summed E-state index contributed by atoms with van der Waals surface area (Å²) < 4.78 is 0. The van der Waals surface area contributed by atoms with Gasteiger partial charge in [-0.15, -0.1) is 0 Å². The van der Waals surface area contributed by atoms with Crippen molar-refractivity contribution < 1.29 is 4.79 Å². The van der Waals surface area contributed by atoms with Crippen molar-refractivity contribution in [2.75, 3.05) is 10.6 Å². The number of hydrogen-bond donors (Lipinski definition) is 3. The summed E-state index contributed by atoms with van der Waals surface area (Å²) >= 11 is 12.1. The van der Waals surface area contributed by atoms with Crippen molar-refractivity contribution >= 4 is 40.6 Å². The van der Waals surface area contributed by atoms with E-state index in [2.05, 4.69) is 10.6 Å². The summed E-state index contributed by atoms with van der Waals surface area (Å²) in [7, 11) is 0. The number of nitrogens with one attached hydrogen (secondary N) is 2. The molecule has 0 saturated heterocycles. The van der Waals surface area contributed by atoms with E-state index < -0.39 is 6.03 Å². The van der Waals surface area contributed by atoms with E-state index in [1.165, 1.54) is 0 Å². The highest BCUT2D eigenvalue weighted by Crippen LogP contribution is 2.29. The second-order valence-electron chi connectivity index (χ2n) is 4.60. The van der Waals surface area contributed by atoms with Crippen LogP contribution in [0.3, 0.4) is 0 Å². The van der Waals surface area contributed by atoms with Crippen molar-refractivity contribution in [2.24, 2.45) is 5.73 Å². The molecule has 1 atom stereocenters. The highest BCUT2D eigenvalue weighted by Gasteiger charge is 2.08. The SMILES string of the molecule is CC(Nc1cc(Cl)ccc1Cl)c1ccc(NC(N)=O)cc1. The van der Waals surface area contributed by atoms with E-state index in [4.69, 9.17) is 28.9 Å². The summed E-state index contributed by atoms with van der Waals surface area (Å²) in [6, 6.07) is 12.1. The first-order valence-corrected chi connectivity index (χ1v) is 7.09. The molecule has 4 N–H and O–H groups in total. The predicted molar refractivity (Wildman–Crippen MR) is 88.1 cm³/mol. The van der Waals surface area contributed by atoms with E-state index in [0.717, 1.165) is 11.3 Å². The molecule has 0 bridgehead atoms. The Kier molecular flexibility index (Phi) is 4.94. The van der Waals surface area contributed by atoms with E-state index >= 15 is 0 Å². The maximum atomic E-state index is 10.8. The van der Waals surface area contributed by atoms with Crippen LogP contribution in [0.1, 0.15) is 18.5 Å². The van der Waals surface area contributed by atoms with Gasteiger partial charge in [0.15, 0.2) is 0 Å². The Balaban J connectivity index is 2.11. The molecule has 1 unspecified atom stereocenters. The minimum Gasteiger partial charge on any atom is -0.377 e. The molecule has 0 aromatic heterocycles. The Morgan fingerprint density at radius 1 is 1.14 bits per heavy atom. The van der Waals surface area contributed by atoms with E-state index in [0.29, 0.717) is 15.7 Å². The van der Waals surface area contributed by atoms with Crippen LogP contribution in [0.5, 0.6) is 0 Å². The van der Waals surface area contributed by atoms with Crippen LogP contribution in [0, 0.1) is 0 Å². The molecule has 0 fully saturated rings. The van der Waals surface area contributed by atoms with Gasteiger partial charge in [-0.2, -0.15) is 0 Å². The Morgan fingerprint density at radius 2 is 1.81 bits per heavy atom. The van der Waals surface area contributed by atoms with Gasteiger partial charge in [-0.05, 0) is 42.8 Å². The van der Waals surface area contributed by atoms with Gasteiger partial charge in [-0.3, -0.25) is 0 Å². The fourth-order valence-corrected chi connectivity index (χ4v) is 2.27. The molecule has 0 radical (unpaired) electrons. The molecule has 21 heavy (non-hydrogen) atoms. The highest BCUT2D eigenvalue weighted by molar-refractivity contribution is 6.35. The molecule has 2 rings (SSSR count). The number of amides is 2. The molecule has 0 aliphatic carbocycles. The summed E-state index contributed by atoms with van der Waals surface area (Å²) in [6.07, 6.45) is 0. The van der Waals surface area contributed by atoms with Gasteiger partial charge >= 0.3 is 6.03 Å². The summed E-state index contributed by atoms with van der Waals surface area (Å²) in [6.45, 7) is 2.01. The molecular weight excluding hydrogens is 309 g/mol. The number of nitrogens with two attached hydrogens (primary N) is 1. The molecule has 2 amide bonds. The molecule has 0 spiro atoms. The third kappa shape index (κ3) is 4.28. The summed E-state index contributed by atoms with van der Waals surface area (Å²) in [5.74, 6) is 0. The minimum atomic E-state index is -0.584. The van der Waals surface area contributed by atoms with Crippen LogP contribution in [0.4, 0.5) is 16.2 Å². The number of primary amides is 1. The van der Waals surface area contributed by atoms with Gasteiger partial charge in [0.2, 0.25) is 0 Å². The number of anilines is 2. The Morgan fingerprint density at radius 3 is 2.43 bits per heavy atom. The number of rotatable bonds is 4. The molecule has 6 heteroatoms. The van der Waals surface area contributed by atoms with Crippen LogP contribution in [-0.2, 0) is 0 Å². The van der Waals surface area contributed by atoms with Gasteiger partial charge < -0.3 is 16.4 Å². The summed E-state index contributed by atoms with van der Waals surface area (Å²) in [5.41, 5.74) is 7.53. The standard InChI is InChI=1S/C15H15Cl2N3O/c1-9(19-14-8-11(16)4-7-13(14)17)10-2-5-12(6-3-10)20-15(18)21/h2-9,19H,1H3,(H3,18,20,21). The van der Waals surface area contributed by atoms with Crippen molar-refractivity contribution in [1.29, 1.82) is 0 Å². The maximum Gasteiger partial charge on any atom is 0.316 e. The maximum absolute atomic E-state index is 10.8. The second kappa shape index (κ2) is 6.70. The van der Waals surface area contributed by atoms with Crippen LogP contribution in [-0.4, -0.2) is 6.03 Å². The zero-order valence-electron chi connectivity index (χ0n) is 11.4. The number of carbonyl (C=O) groups is 1. The third-order valence-electron chi connectivity index (χ3n) is 2.98. The largest absolute Gasteiger partial charge is 0.377 e. The van der Waals surface area contributed by atoms with E-state index in [1.54, 1.807) is 30.3 Å². The molecule has 4 nitrogen and oxygen atoms in total. The predicted octanol–water partition coefficient (Wildman–Crippen LogP) is 4.66. The molecule has 2 aromatic carbocycles. The van der Waals surface area contributed by atoms with Crippen molar-refractivity contribution in [1.82, 2.24) is 0 Å². The lowest BCUT2D eigenvalue weighted by Crippen LogP contribution is -2.19. The third-order valence-corrected chi connectivity index (χ3v) is 3.54. The zero-order valence-corrected chi connectivity index (χ0v) is 12.9. The lowest BCUT2D eigenvalue weighted by Gasteiger charge is -2.17. The van der Waals surface area contributed by atoms with Gasteiger partial charge in [0, 0.05) is 16.8 Å². The van der Waals surface area contributed by atoms with Gasteiger partial charge in [0.25, 0.3) is 0 Å². The average Bonchev–Trinajstić information content (AvgIpc) is 2.43. The molecule has 0 aliphatic rings.